The summed E-state index contributed by atoms with van der Waals surface area (Å²) < 4.78 is 10.9. The van der Waals surface area contributed by atoms with Gasteiger partial charge in [0.15, 0.2) is 0 Å². The Morgan fingerprint density at radius 3 is 2.52 bits per heavy atom. The van der Waals surface area contributed by atoms with E-state index in [9.17, 15) is 10.1 Å². The fourth-order valence-corrected chi connectivity index (χ4v) is 3.06. The Morgan fingerprint density at radius 1 is 1.22 bits per heavy atom. The van der Waals surface area contributed by atoms with Gasteiger partial charge >= 0.3 is 5.97 Å². The molecule has 0 aliphatic carbocycles. The molecule has 136 valence electrons. The van der Waals surface area contributed by atoms with E-state index in [-0.39, 0.29) is 23.6 Å². The number of hydrogen-bond acceptors (Lipinski definition) is 5. The summed E-state index contributed by atoms with van der Waals surface area (Å²) in [4.78, 5) is 12.8. The summed E-state index contributed by atoms with van der Waals surface area (Å²) in [5.74, 6) is -0.945. The monoisotopic (exact) mass is 380 g/mol. The van der Waals surface area contributed by atoms with Gasteiger partial charge < -0.3 is 15.2 Å². The summed E-state index contributed by atoms with van der Waals surface area (Å²) in [6.07, 6.45) is 0. The topological polar surface area (TPSA) is 85.3 Å². The minimum atomic E-state index is -0.677. The highest BCUT2D eigenvalue weighted by atomic mass is 35.5. The van der Waals surface area contributed by atoms with Crippen LogP contribution in [0, 0.1) is 11.3 Å². The van der Waals surface area contributed by atoms with Gasteiger partial charge in [0.25, 0.3) is 0 Å². The Morgan fingerprint density at radius 2 is 1.89 bits per heavy atom. The predicted molar refractivity (Wildman–Crippen MR) is 101 cm³/mol. The number of carbonyl (C=O) groups excluding carboxylic acids is 1. The summed E-state index contributed by atoms with van der Waals surface area (Å²) in [5, 5.41) is 10.1. The molecule has 2 aromatic carbocycles. The van der Waals surface area contributed by atoms with E-state index in [1.54, 1.807) is 31.2 Å². The van der Waals surface area contributed by atoms with Crippen molar-refractivity contribution in [3.05, 3.63) is 93.5 Å². The van der Waals surface area contributed by atoms with Gasteiger partial charge in [-0.05, 0) is 30.2 Å². The van der Waals surface area contributed by atoms with Crippen molar-refractivity contribution in [1.82, 2.24) is 0 Å². The van der Waals surface area contributed by atoms with Crippen molar-refractivity contribution in [2.45, 2.75) is 19.4 Å². The van der Waals surface area contributed by atoms with E-state index in [4.69, 9.17) is 26.8 Å². The van der Waals surface area contributed by atoms with Crippen LogP contribution in [0.1, 0.15) is 24.0 Å². The molecule has 1 atom stereocenters. The number of nitrogens with two attached hydrogens (primary N) is 1. The molecule has 27 heavy (non-hydrogen) atoms. The number of halogens is 1. The van der Waals surface area contributed by atoms with Gasteiger partial charge in [-0.1, -0.05) is 54.1 Å². The van der Waals surface area contributed by atoms with Gasteiger partial charge in [-0.15, -0.1) is 0 Å². The summed E-state index contributed by atoms with van der Waals surface area (Å²) >= 11 is 5.96. The van der Waals surface area contributed by atoms with E-state index in [2.05, 4.69) is 6.07 Å². The van der Waals surface area contributed by atoms with Crippen LogP contribution in [-0.4, -0.2) is 5.97 Å². The normalized spacial score (nSPS) is 16.6. The molecular weight excluding hydrogens is 364 g/mol. The zero-order valence-corrected chi connectivity index (χ0v) is 15.4. The summed E-state index contributed by atoms with van der Waals surface area (Å²) in [6.45, 7) is 1.74. The number of nitriles is 1. The van der Waals surface area contributed by atoms with Crippen LogP contribution in [-0.2, 0) is 20.9 Å². The van der Waals surface area contributed by atoms with Crippen molar-refractivity contribution in [3.63, 3.8) is 0 Å². The van der Waals surface area contributed by atoms with Crippen LogP contribution in [0.4, 0.5) is 0 Å². The molecule has 0 unspecified atom stereocenters. The molecule has 1 aliphatic rings. The molecular formula is C21H17ClN2O3. The van der Waals surface area contributed by atoms with E-state index in [1.165, 1.54) is 0 Å². The van der Waals surface area contributed by atoms with Crippen LogP contribution in [0.2, 0.25) is 5.02 Å². The number of carbonyl (C=O) groups is 1. The van der Waals surface area contributed by atoms with E-state index in [0.29, 0.717) is 16.3 Å². The third kappa shape index (κ3) is 3.97. The number of esters is 1. The van der Waals surface area contributed by atoms with Gasteiger partial charge in [0, 0.05) is 5.02 Å². The highest BCUT2D eigenvalue weighted by Gasteiger charge is 2.36. The Hall–Kier alpha value is -3.23. The molecule has 0 aromatic heterocycles. The Kier molecular flexibility index (Phi) is 5.49. The molecule has 0 spiro atoms. The molecule has 1 heterocycles. The number of hydrogen-bond donors (Lipinski definition) is 1. The second kappa shape index (κ2) is 7.98. The van der Waals surface area contributed by atoms with Crippen LogP contribution in [0.25, 0.3) is 0 Å². The first-order valence-corrected chi connectivity index (χ1v) is 8.64. The SMILES string of the molecule is CC1=C(C(=O)OCc2ccccc2)[C@@H](c2ccc(Cl)cc2)C(C#N)=C(N)O1. The van der Waals surface area contributed by atoms with Crippen molar-refractivity contribution in [3.8, 4) is 6.07 Å². The largest absolute Gasteiger partial charge is 0.457 e. The minimum Gasteiger partial charge on any atom is -0.457 e. The molecule has 3 rings (SSSR count). The summed E-state index contributed by atoms with van der Waals surface area (Å²) in [7, 11) is 0. The number of nitrogens with zero attached hydrogens (tertiary/aromatic N) is 1. The number of benzene rings is 2. The molecule has 0 saturated carbocycles. The van der Waals surface area contributed by atoms with Crippen LogP contribution in [0.3, 0.4) is 0 Å². The zero-order chi connectivity index (χ0) is 19.4. The Labute approximate surface area is 162 Å². The molecule has 0 fully saturated rings. The molecule has 2 N–H and O–H groups in total. The first-order chi connectivity index (χ1) is 13.0. The molecule has 0 amide bonds. The average molecular weight is 381 g/mol. The Bertz CT molecular complexity index is 957. The van der Waals surface area contributed by atoms with Gasteiger partial charge in [-0.2, -0.15) is 5.26 Å². The van der Waals surface area contributed by atoms with Crippen LogP contribution in [0.15, 0.2) is 77.4 Å². The molecule has 1 aliphatic heterocycles. The second-order valence-corrected chi connectivity index (χ2v) is 6.44. The van der Waals surface area contributed by atoms with Gasteiger partial charge in [0.1, 0.15) is 24.0 Å². The zero-order valence-electron chi connectivity index (χ0n) is 14.6. The van der Waals surface area contributed by atoms with Gasteiger partial charge in [-0.25, -0.2) is 4.79 Å². The van der Waals surface area contributed by atoms with Gasteiger partial charge in [0.05, 0.1) is 11.5 Å². The van der Waals surface area contributed by atoms with Crippen molar-refractivity contribution >= 4 is 17.6 Å². The highest BCUT2D eigenvalue weighted by molar-refractivity contribution is 6.30. The number of rotatable bonds is 4. The van der Waals surface area contributed by atoms with Crippen LogP contribution >= 0.6 is 11.6 Å². The minimum absolute atomic E-state index is 0.0189. The first kappa shape index (κ1) is 18.6. The lowest BCUT2D eigenvalue weighted by molar-refractivity contribution is -0.140. The molecule has 6 heteroatoms. The maximum Gasteiger partial charge on any atom is 0.338 e. The molecule has 5 nitrogen and oxygen atoms in total. The maximum atomic E-state index is 12.8. The van der Waals surface area contributed by atoms with Crippen molar-refractivity contribution in [2.24, 2.45) is 5.73 Å². The van der Waals surface area contributed by atoms with E-state index < -0.39 is 11.9 Å². The average Bonchev–Trinajstić information content (AvgIpc) is 2.67. The smallest absolute Gasteiger partial charge is 0.338 e. The third-order valence-electron chi connectivity index (χ3n) is 4.24. The Balaban J connectivity index is 1.94. The van der Waals surface area contributed by atoms with Gasteiger partial charge in [-0.3, -0.25) is 0 Å². The number of ether oxygens (including phenoxy) is 2. The maximum absolute atomic E-state index is 12.8. The third-order valence-corrected chi connectivity index (χ3v) is 4.49. The van der Waals surface area contributed by atoms with E-state index in [0.717, 1.165) is 5.56 Å². The van der Waals surface area contributed by atoms with E-state index >= 15 is 0 Å². The van der Waals surface area contributed by atoms with Crippen molar-refractivity contribution < 1.29 is 14.3 Å². The number of allylic oxidation sites excluding steroid dienone is 2. The summed E-state index contributed by atoms with van der Waals surface area (Å²) in [6, 6.07) is 18.3. The quantitative estimate of drug-likeness (QED) is 0.805. The lowest BCUT2D eigenvalue weighted by atomic mass is 9.83. The van der Waals surface area contributed by atoms with Crippen molar-refractivity contribution in [2.75, 3.05) is 0 Å². The summed E-state index contributed by atoms with van der Waals surface area (Å²) in [5.41, 5.74) is 7.86. The fourth-order valence-electron chi connectivity index (χ4n) is 2.94. The van der Waals surface area contributed by atoms with Crippen LogP contribution in [0.5, 0.6) is 0 Å². The molecule has 2 aromatic rings. The van der Waals surface area contributed by atoms with Gasteiger partial charge in [0.2, 0.25) is 5.88 Å². The van der Waals surface area contributed by atoms with Crippen molar-refractivity contribution in [1.29, 1.82) is 5.26 Å². The fraction of sp³-hybridized carbons (Fsp3) is 0.143. The van der Waals surface area contributed by atoms with Crippen LogP contribution < -0.4 is 5.73 Å². The van der Waals surface area contributed by atoms with E-state index in [1.807, 2.05) is 30.3 Å². The predicted octanol–water partition coefficient (Wildman–Crippen LogP) is 4.17. The first-order valence-electron chi connectivity index (χ1n) is 8.26. The lowest BCUT2D eigenvalue weighted by Gasteiger charge is -2.27. The standard InChI is InChI=1S/C21H17ClN2O3/c1-13-18(21(25)26-12-14-5-3-2-4-6-14)19(17(11-23)20(24)27-13)15-7-9-16(22)10-8-15/h2-10,19H,12,24H2,1H3/t19-/m0/s1. The molecule has 0 bridgehead atoms. The highest BCUT2D eigenvalue weighted by Crippen LogP contribution is 2.39. The molecule has 0 radical (unpaired) electrons. The molecule has 0 saturated heterocycles. The lowest BCUT2D eigenvalue weighted by Crippen LogP contribution is -2.25. The second-order valence-electron chi connectivity index (χ2n) is 6.01.